The smallest absolute Gasteiger partial charge is 0.118 e. The van der Waals surface area contributed by atoms with E-state index < -0.39 is 0 Å². The summed E-state index contributed by atoms with van der Waals surface area (Å²) in [5.74, 6) is 2.09. The molecule has 0 aliphatic carbocycles. The topological polar surface area (TPSA) is 37.6 Å². The number of nitrogens with one attached hydrogen (secondary N) is 1. The van der Waals surface area contributed by atoms with Gasteiger partial charge in [0.25, 0.3) is 0 Å². The number of rotatable bonds is 6. The molecule has 0 bridgehead atoms. The van der Waals surface area contributed by atoms with E-state index >= 15 is 0 Å². The van der Waals surface area contributed by atoms with Crippen molar-refractivity contribution in [2.45, 2.75) is 58.8 Å². The number of hydrogen-bond acceptors (Lipinski definition) is 4. The Kier molecular flexibility index (Phi) is 5.64. The highest BCUT2D eigenvalue weighted by molar-refractivity contribution is 5.20. The van der Waals surface area contributed by atoms with Gasteiger partial charge in [-0.25, -0.2) is 0 Å². The number of nitrogens with zero attached hydrogens (tertiary/aromatic N) is 1. The van der Waals surface area contributed by atoms with Crippen LogP contribution < -0.4 is 5.32 Å². The van der Waals surface area contributed by atoms with Gasteiger partial charge in [-0.3, -0.25) is 4.90 Å². The first kappa shape index (κ1) is 15.5. The average molecular weight is 280 g/mol. The highest BCUT2D eigenvalue weighted by Crippen LogP contribution is 2.20. The van der Waals surface area contributed by atoms with Crippen molar-refractivity contribution in [1.29, 1.82) is 0 Å². The van der Waals surface area contributed by atoms with Crippen LogP contribution in [-0.4, -0.2) is 37.2 Å². The first-order chi connectivity index (χ1) is 9.58. The van der Waals surface area contributed by atoms with Crippen molar-refractivity contribution in [3.05, 3.63) is 23.2 Å². The molecule has 1 aliphatic rings. The van der Waals surface area contributed by atoms with Crippen LogP contribution in [0.25, 0.3) is 0 Å². The second-order valence-electron chi connectivity index (χ2n) is 6.04. The highest BCUT2D eigenvalue weighted by Gasteiger charge is 2.20. The molecule has 2 heterocycles. The van der Waals surface area contributed by atoms with Gasteiger partial charge in [-0.1, -0.05) is 13.8 Å². The van der Waals surface area contributed by atoms with Crippen molar-refractivity contribution in [2.24, 2.45) is 0 Å². The van der Waals surface area contributed by atoms with Crippen molar-refractivity contribution in [3.63, 3.8) is 0 Å². The zero-order valence-electron chi connectivity index (χ0n) is 13.2. The lowest BCUT2D eigenvalue weighted by Crippen LogP contribution is -2.36. The van der Waals surface area contributed by atoms with E-state index in [9.17, 15) is 0 Å². The normalized spacial score (nSPS) is 18.1. The van der Waals surface area contributed by atoms with E-state index in [2.05, 4.69) is 37.1 Å². The van der Waals surface area contributed by atoms with Crippen LogP contribution in [0.5, 0.6) is 0 Å². The number of ether oxygens (including phenoxy) is 1. The Bertz CT molecular complexity index is 407. The predicted octanol–water partition coefficient (Wildman–Crippen LogP) is 2.70. The summed E-state index contributed by atoms with van der Waals surface area (Å²) in [6.07, 6.45) is 2.71. The van der Waals surface area contributed by atoms with Crippen molar-refractivity contribution in [2.75, 3.05) is 20.2 Å². The molecule has 0 aromatic carbocycles. The summed E-state index contributed by atoms with van der Waals surface area (Å²) in [6, 6.07) is 2.68. The second-order valence-corrected chi connectivity index (χ2v) is 6.04. The van der Waals surface area contributed by atoms with Crippen molar-refractivity contribution < 1.29 is 9.15 Å². The van der Waals surface area contributed by atoms with Crippen molar-refractivity contribution in [3.8, 4) is 0 Å². The first-order valence-electron chi connectivity index (χ1n) is 7.65. The number of piperidine rings is 1. The van der Waals surface area contributed by atoms with Gasteiger partial charge in [-0.05, 0) is 25.8 Å². The lowest BCUT2D eigenvalue weighted by atomic mass is 10.1. The fraction of sp³-hybridized carbons (Fsp3) is 0.750. The molecule has 4 heteroatoms. The van der Waals surface area contributed by atoms with Crippen LogP contribution in [-0.2, 0) is 17.8 Å². The monoisotopic (exact) mass is 280 g/mol. The predicted molar refractivity (Wildman–Crippen MR) is 80.7 cm³/mol. The van der Waals surface area contributed by atoms with Crippen LogP contribution in [0.1, 0.15) is 43.8 Å². The SMILES string of the molecule is COC1CCN(Cc2cc(CNC(C)C)oc2C)CC1. The maximum Gasteiger partial charge on any atom is 0.118 e. The molecule has 114 valence electrons. The summed E-state index contributed by atoms with van der Waals surface area (Å²) in [6.45, 7) is 10.4. The molecular formula is C16H28N2O2. The van der Waals surface area contributed by atoms with Gasteiger partial charge in [0.15, 0.2) is 0 Å². The van der Waals surface area contributed by atoms with Gasteiger partial charge in [-0.2, -0.15) is 0 Å². The molecule has 1 aliphatic heterocycles. The van der Waals surface area contributed by atoms with Crippen LogP contribution >= 0.6 is 0 Å². The Morgan fingerprint density at radius 3 is 2.70 bits per heavy atom. The molecule has 2 rings (SSSR count). The number of likely N-dealkylation sites (tertiary alicyclic amines) is 1. The summed E-state index contributed by atoms with van der Waals surface area (Å²) >= 11 is 0. The molecule has 20 heavy (non-hydrogen) atoms. The summed E-state index contributed by atoms with van der Waals surface area (Å²) in [5, 5.41) is 3.40. The molecule has 0 saturated carbocycles. The summed E-state index contributed by atoms with van der Waals surface area (Å²) in [4.78, 5) is 2.49. The van der Waals surface area contributed by atoms with E-state index in [1.54, 1.807) is 0 Å². The second kappa shape index (κ2) is 7.25. The minimum atomic E-state index is 0.447. The summed E-state index contributed by atoms with van der Waals surface area (Å²) in [5.41, 5.74) is 1.32. The number of hydrogen-bond donors (Lipinski definition) is 1. The van der Waals surface area contributed by atoms with E-state index in [4.69, 9.17) is 9.15 Å². The Morgan fingerprint density at radius 1 is 1.40 bits per heavy atom. The van der Waals surface area contributed by atoms with Crippen molar-refractivity contribution in [1.82, 2.24) is 10.2 Å². The minimum Gasteiger partial charge on any atom is -0.465 e. The van der Waals surface area contributed by atoms with Gasteiger partial charge < -0.3 is 14.5 Å². The van der Waals surface area contributed by atoms with Gasteiger partial charge in [0.1, 0.15) is 11.5 Å². The summed E-state index contributed by atoms with van der Waals surface area (Å²) in [7, 11) is 1.81. The number of furan rings is 1. The van der Waals surface area contributed by atoms with Gasteiger partial charge in [0.05, 0.1) is 12.6 Å². The molecule has 0 unspecified atom stereocenters. The molecule has 0 spiro atoms. The molecule has 1 aromatic heterocycles. The molecule has 1 N–H and O–H groups in total. The van der Waals surface area contributed by atoms with Gasteiger partial charge >= 0.3 is 0 Å². The highest BCUT2D eigenvalue weighted by atomic mass is 16.5. The zero-order chi connectivity index (χ0) is 14.5. The van der Waals surface area contributed by atoms with E-state index in [-0.39, 0.29) is 0 Å². The fourth-order valence-electron chi connectivity index (χ4n) is 2.68. The van der Waals surface area contributed by atoms with Gasteiger partial charge in [0, 0.05) is 38.3 Å². The number of methoxy groups -OCH3 is 1. The van der Waals surface area contributed by atoms with Crippen molar-refractivity contribution >= 4 is 0 Å². The summed E-state index contributed by atoms with van der Waals surface area (Å²) < 4.78 is 11.3. The molecule has 4 nitrogen and oxygen atoms in total. The van der Waals surface area contributed by atoms with E-state index in [1.807, 2.05) is 7.11 Å². The lowest BCUT2D eigenvalue weighted by molar-refractivity contribution is 0.0387. The average Bonchev–Trinajstić information content (AvgIpc) is 2.78. The fourth-order valence-corrected chi connectivity index (χ4v) is 2.68. The third-order valence-electron chi connectivity index (χ3n) is 4.02. The Balaban J connectivity index is 1.86. The maximum atomic E-state index is 5.84. The van der Waals surface area contributed by atoms with Gasteiger partial charge in [0.2, 0.25) is 0 Å². The lowest BCUT2D eigenvalue weighted by Gasteiger charge is -2.30. The molecule has 0 radical (unpaired) electrons. The maximum absolute atomic E-state index is 5.84. The molecule has 1 saturated heterocycles. The molecule has 1 aromatic rings. The zero-order valence-corrected chi connectivity index (χ0v) is 13.2. The largest absolute Gasteiger partial charge is 0.465 e. The Hall–Kier alpha value is -0.840. The van der Waals surface area contributed by atoms with E-state index in [0.717, 1.165) is 50.5 Å². The number of aryl methyl sites for hydroxylation is 1. The molecule has 1 fully saturated rings. The molecule has 0 amide bonds. The van der Waals surface area contributed by atoms with Crippen LogP contribution in [0, 0.1) is 6.92 Å². The molecular weight excluding hydrogens is 252 g/mol. The van der Waals surface area contributed by atoms with Crippen LogP contribution in [0.2, 0.25) is 0 Å². The third kappa shape index (κ3) is 4.33. The Labute approximate surface area is 122 Å². The van der Waals surface area contributed by atoms with Gasteiger partial charge in [-0.15, -0.1) is 0 Å². The van der Waals surface area contributed by atoms with Crippen LogP contribution in [0.15, 0.2) is 10.5 Å². The standard InChI is InChI=1S/C16H28N2O2/c1-12(2)17-10-16-9-14(13(3)20-16)11-18-7-5-15(19-4)6-8-18/h9,12,15,17H,5-8,10-11H2,1-4H3. The van der Waals surface area contributed by atoms with E-state index in [1.165, 1.54) is 5.56 Å². The molecule has 0 atom stereocenters. The van der Waals surface area contributed by atoms with Crippen LogP contribution in [0.3, 0.4) is 0 Å². The van der Waals surface area contributed by atoms with Crippen LogP contribution in [0.4, 0.5) is 0 Å². The minimum absolute atomic E-state index is 0.447. The van der Waals surface area contributed by atoms with E-state index in [0.29, 0.717) is 12.1 Å². The third-order valence-corrected chi connectivity index (χ3v) is 4.02. The quantitative estimate of drug-likeness (QED) is 0.869. The first-order valence-corrected chi connectivity index (χ1v) is 7.65. The Morgan fingerprint density at radius 2 is 2.10 bits per heavy atom.